The molecule has 21 heavy (non-hydrogen) atoms. The van der Waals surface area contributed by atoms with E-state index < -0.39 is 0 Å². The van der Waals surface area contributed by atoms with Gasteiger partial charge < -0.3 is 4.74 Å². The van der Waals surface area contributed by atoms with Crippen LogP contribution in [0.1, 0.15) is 77.6 Å². The van der Waals surface area contributed by atoms with E-state index in [4.69, 9.17) is 4.74 Å². The van der Waals surface area contributed by atoms with E-state index in [-0.39, 0.29) is 0 Å². The van der Waals surface area contributed by atoms with Crippen LogP contribution in [0.4, 0.5) is 0 Å². The molecular formula is C18H35NO2. The molecule has 0 aromatic heterocycles. The molecule has 1 aliphatic rings. The predicted molar refractivity (Wildman–Crippen MR) is 88.7 cm³/mol. The predicted octanol–water partition coefficient (Wildman–Crippen LogP) is 4.20. The Morgan fingerprint density at radius 2 is 1.43 bits per heavy atom. The Balaban J connectivity index is 1.82. The van der Waals surface area contributed by atoms with Gasteiger partial charge in [0.05, 0.1) is 13.2 Å². The Kier molecular flexibility index (Phi) is 11.8. The minimum atomic E-state index is 0.477. The first-order valence-corrected chi connectivity index (χ1v) is 9.14. The smallest absolute Gasteiger partial charge is 0.132 e. The van der Waals surface area contributed by atoms with Gasteiger partial charge in [-0.05, 0) is 25.8 Å². The number of rotatable bonds is 13. The molecule has 3 nitrogen and oxygen atoms in total. The zero-order valence-electron chi connectivity index (χ0n) is 14.1. The SMILES string of the molecule is CCCCCCCCCC(=O)CCCCN1CCOCC1. The van der Waals surface area contributed by atoms with Gasteiger partial charge in [-0.2, -0.15) is 0 Å². The Morgan fingerprint density at radius 1 is 0.857 bits per heavy atom. The quantitative estimate of drug-likeness (QED) is 0.477. The molecule has 0 aromatic rings. The van der Waals surface area contributed by atoms with Crippen molar-refractivity contribution in [1.29, 1.82) is 0 Å². The molecule has 0 saturated carbocycles. The normalized spacial score (nSPS) is 16.2. The molecule has 1 saturated heterocycles. The van der Waals surface area contributed by atoms with Gasteiger partial charge in [0, 0.05) is 25.9 Å². The molecule has 0 spiro atoms. The fourth-order valence-electron chi connectivity index (χ4n) is 2.89. The van der Waals surface area contributed by atoms with Gasteiger partial charge in [0.2, 0.25) is 0 Å². The second-order valence-electron chi connectivity index (χ2n) is 6.32. The van der Waals surface area contributed by atoms with E-state index >= 15 is 0 Å². The highest BCUT2D eigenvalue weighted by Gasteiger charge is 2.09. The summed E-state index contributed by atoms with van der Waals surface area (Å²) in [5.41, 5.74) is 0. The van der Waals surface area contributed by atoms with E-state index in [1.807, 2.05) is 0 Å². The minimum absolute atomic E-state index is 0.477. The third-order valence-electron chi connectivity index (χ3n) is 4.34. The number of unbranched alkanes of at least 4 members (excludes halogenated alkanes) is 7. The first-order valence-electron chi connectivity index (χ1n) is 9.14. The van der Waals surface area contributed by atoms with Crippen LogP contribution >= 0.6 is 0 Å². The standard InChI is InChI=1S/C18H35NO2/c1-2-3-4-5-6-7-8-11-18(20)12-9-10-13-19-14-16-21-17-15-19/h2-17H2,1H3. The summed E-state index contributed by atoms with van der Waals surface area (Å²) < 4.78 is 5.33. The van der Waals surface area contributed by atoms with E-state index in [0.29, 0.717) is 5.78 Å². The number of morpholine rings is 1. The molecule has 0 radical (unpaired) electrons. The van der Waals surface area contributed by atoms with E-state index in [1.54, 1.807) is 0 Å². The summed E-state index contributed by atoms with van der Waals surface area (Å²) in [6.45, 7) is 7.25. The summed E-state index contributed by atoms with van der Waals surface area (Å²) >= 11 is 0. The lowest BCUT2D eigenvalue weighted by Gasteiger charge is -2.26. The molecule has 124 valence electrons. The zero-order valence-corrected chi connectivity index (χ0v) is 14.1. The molecule has 0 aromatic carbocycles. The molecule has 1 heterocycles. The van der Waals surface area contributed by atoms with Crippen LogP contribution in [0.15, 0.2) is 0 Å². The fourth-order valence-corrected chi connectivity index (χ4v) is 2.89. The molecular weight excluding hydrogens is 262 g/mol. The molecule has 1 rings (SSSR count). The van der Waals surface area contributed by atoms with Crippen LogP contribution in [-0.2, 0) is 9.53 Å². The highest BCUT2D eigenvalue weighted by molar-refractivity contribution is 5.78. The average molecular weight is 297 g/mol. The maximum atomic E-state index is 11.8. The fraction of sp³-hybridized carbons (Fsp3) is 0.944. The van der Waals surface area contributed by atoms with Crippen molar-refractivity contribution in [2.45, 2.75) is 77.6 Å². The largest absolute Gasteiger partial charge is 0.379 e. The minimum Gasteiger partial charge on any atom is -0.379 e. The van der Waals surface area contributed by atoms with Gasteiger partial charge in [-0.3, -0.25) is 9.69 Å². The molecule has 0 aliphatic carbocycles. The van der Waals surface area contributed by atoms with Crippen molar-refractivity contribution >= 4 is 5.78 Å². The van der Waals surface area contributed by atoms with E-state index in [9.17, 15) is 4.79 Å². The Morgan fingerprint density at radius 3 is 2.10 bits per heavy atom. The summed E-state index contributed by atoms with van der Waals surface area (Å²) in [7, 11) is 0. The molecule has 0 N–H and O–H groups in total. The zero-order chi connectivity index (χ0) is 15.2. The van der Waals surface area contributed by atoms with Crippen LogP contribution in [0.2, 0.25) is 0 Å². The summed E-state index contributed by atoms with van der Waals surface area (Å²) in [6, 6.07) is 0. The Bertz CT molecular complexity index is 250. The van der Waals surface area contributed by atoms with Crippen molar-refractivity contribution in [2.24, 2.45) is 0 Å². The maximum absolute atomic E-state index is 11.8. The molecule has 3 heteroatoms. The first-order chi connectivity index (χ1) is 10.3. The second kappa shape index (κ2) is 13.3. The van der Waals surface area contributed by atoms with Crippen molar-refractivity contribution in [2.75, 3.05) is 32.8 Å². The van der Waals surface area contributed by atoms with Crippen LogP contribution in [0.5, 0.6) is 0 Å². The number of carbonyl (C=O) groups is 1. The topological polar surface area (TPSA) is 29.5 Å². The van der Waals surface area contributed by atoms with Crippen LogP contribution in [-0.4, -0.2) is 43.5 Å². The molecule has 0 unspecified atom stereocenters. The van der Waals surface area contributed by atoms with Crippen molar-refractivity contribution in [3.05, 3.63) is 0 Å². The van der Waals surface area contributed by atoms with Gasteiger partial charge in [-0.15, -0.1) is 0 Å². The van der Waals surface area contributed by atoms with E-state index in [2.05, 4.69) is 11.8 Å². The molecule has 1 aliphatic heterocycles. The van der Waals surface area contributed by atoms with Gasteiger partial charge in [-0.25, -0.2) is 0 Å². The molecule has 1 fully saturated rings. The third kappa shape index (κ3) is 10.9. The number of ether oxygens (including phenoxy) is 1. The Hall–Kier alpha value is -0.410. The highest BCUT2D eigenvalue weighted by Crippen LogP contribution is 2.10. The second-order valence-corrected chi connectivity index (χ2v) is 6.32. The van der Waals surface area contributed by atoms with Crippen molar-refractivity contribution in [3.8, 4) is 0 Å². The number of Topliss-reactive ketones (excluding diaryl/α,β-unsaturated/α-hetero) is 1. The maximum Gasteiger partial charge on any atom is 0.132 e. The number of hydrogen-bond acceptors (Lipinski definition) is 3. The third-order valence-corrected chi connectivity index (χ3v) is 4.34. The van der Waals surface area contributed by atoms with Crippen molar-refractivity contribution in [3.63, 3.8) is 0 Å². The van der Waals surface area contributed by atoms with Gasteiger partial charge in [-0.1, -0.05) is 45.4 Å². The number of carbonyl (C=O) groups excluding carboxylic acids is 1. The lowest BCUT2D eigenvalue weighted by Crippen LogP contribution is -2.36. The van der Waals surface area contributed by atoms with Gasteiger partial charge >= 0.3 is 0 Å². The lowest BCUT2D eigenvalue weighted by molar-refractivity contribution is -0.119. The van der Waals surface area contributed by atoms with Gasteiger partial charge in [0.1, 0.15) is 5.78 Å². The van der Waals surface area contributed by atoms with E-state index in [0.717, 1.165) is 65.0 Å². The summed E-state index contributed by atoms with van der Waals surface area (Å²) in [6.07, 6.45) is 12.9. The summed E-state index contributed by atoms with van der Waals surface area (Å²) in [5, 5.41) is 0. The van der Waals surface area contributed by atoms with Crippen LogP contribution in [0.3, 0.4) is 0 Å². The van der Waals surface area contributed by atoms with Crippen LogP contribution in [0.25, 0.3) is 0 Å². The lowest BCUT2D eigenvalue weighted by atomic mass is 10.0. The Labute approximate surface area is 131 Å². The van der Waals surface area contributed by atoms with Gasteiger partial charge in [0.15, 0.2) is 0 Å². The number of ketones is 1. The van der Waals surface area contributed by atoms with E-state index in [1.165, 1.54) is 38.5 Å². The van der Waals surface area contributed by atoms with Crippen molar-refractivity contribution < 1.29 is 9.53 Å². The number of nitrogens with zero attached hydrogens (tertiary/aromatic N) is 1. The average Bonchev–Trinajstić information content (AvgIpc) is 2.52. The molecule has 0 atom stereocenters. The van der Waals surface area contributed by atoms with Crippen LogP contribution in [0, 0.1) is 0 Å². The highest BCUT2D eigenvalue weighted by atomic mass is 16.5. The summed E-state index contributed by atoms with van der Waals surface area (Å²) in [5.74, 6) is 0.477. The molecule has 0 bridgehead atoms. The van der Waals surface area contributed by atoms with Gasteiger partial charge in [0.25, 0.3) is 0 Å². The number of hydrogen-bond donors (Lipinski definition) is 0. The monoisotopic (exact) mass is 297 g/mol. The first kappa shape index (κ1) is 18.6. The molecule has 0 amide bonds. The van der Waals surface area contributed by atoms with Crippen molar-refractivity contribution in [1.82, 2.24) is 4.90 Å². The summed E-state index contributed by atoms with van der Waals surface area (Å²) in [4.78, 5) is 14.2. The van der Waals surface area contributed by atoms with Crippen LogP contribution < -0.4 is 0 Å².